The van der Waals surface area contributed by atoms with Crippen LogP contribution in [-0.4, -0.2) is 17.0 Å². The Morgan fingerprint density at radius 1 is 0.861 bits per heavy atom. The highest BCUT2D eigenvalue weighted by molar-refractivity contribution is 5.96. The van der Waals surface area contributed by atoms with E-state index in [0.29, 0.717) is 29.9 Å². The minimum atomic E-state index is -0.847. The zero-order valence-corrected chi connectivity index (χ0v) is 20.9. The summed E-state index contributed by atoms with van der Waals surface area (Å²) >= 11 is 0. The number of ether oxygens (including phenoxy) is 1. The second-order valence-electron chi connectivity index (χ2n) is 9.29. The molecule has 0 heterocycles. The molecular formula is C31H31NO4. The SMILES string of the molecule is Cc1cc(C)cc(Oc2ccc(CCCC(=O)O)c(C(=O)N[C@H](C)c3ccc4ccccc4c3)c2)c1. The van der Waals surface area contributed by atoms with E-state index >= 15 is 0 Å². The van der Waals surface area contributed by atoms with Gasteiger partial charge in [-0.1, -0.05) is 48.5 Å². The van der Waals surface area contributed by atoms with Crippen molar-refractivity contribution in [3.05, 3.63) is 107 Å². The smallest absolute Gasteiger partial charge is 0.303 e. The fourth-order valence-corrected chi connectivity index (χ4v) is 4.44. The van der Waals surface area contributed by atoms with E-state index in [4.69, 9.17) is 9.84 Å². The average molecular weight is 482 g/mol. The molecule has 0 saturated heterocycles. The van der Waals surface area contributed by atoms with Crippen LogP contribution >= 0.6 is 0 Å². The average Bonchev–Trinajstić information content (AvgIpc) is 2.83. The summed E-state index contributed by atoms with van der Waals surface area (Å²) in [5.74, 6) is 0.208. The lowest BCUT2D eigenvalue weighted by Gasteiger charge is -2.18. The lowest BCUT2D eigenvalue weighted by atomic mass is 9.99. The van der Waals surface area contributed by atoms with Crippen molar-refractivity contribution in [3.8, 4) is 11.5 Å². The molecule has 184 valence electrons. The van der Waals surface area contributed by atoms with E-state index in [9.17, 15) is 9.59 Å². The van der Waals surface area contributed by atoms with Crippen molar-refractivity contribution < 1.29 is 19.4 Å². The van der Waals surface area contributed by atoms with Crippen LogP contribution in [0.2, 0.25) is 0 Å². The van der Waals surface area contributed by atoms with E-state index in [2.05, 4.69) is 35.6 Å². The maximum Gasteiger partial charge on any atom is 0.303 e. The first-order chi connectivity index (χ1) is 17.3. The van der Waals surface area contributed by atoms with Crippen LogP contribution in [0.3, 0.4) is 0 Å². The molecule has 36 heavy (non-hydrogen) atoms. The second-order valence-corrected chi connectivity index (χ2v) is 9.29. The van der Waals surface area contributed by atoms with Gasteiger partial charge < -0.3 is 15.2 Å². The van der Waals surface area contributed by atoms with Gasteiger partial charge in [0.05, 0.1) is 6.04 Å². The Balaban J connectivity index is 1.59. The number of aliphatic carboxylic acids is 1. The summed E-state index contributed by atoms with van der Waals surface area (Å²) in [5.41, 5.74) is 4.49. The minimum absolute atomic E-state index is 0.0510. The summed E-state index contributed by atoms with van der Waals surface area (Å²) in [7, 11) is 0. The molecule has 0 aromatic heterocycles. The summed E-state index contributed by atoms with van der Waals surface area (Å²) in [6.45, 7) is 5.99. The fraction of sp³-hybridized carbons (Fsp3) is 0.226. The van der Waals surface area contributed by atoms with Crippen molar-refractivity contribution in [2.75, 3.05) is 0 Å². The lowest BCUT2D eigenvalue weighted by Crippen LogP contribution is -2.27. The Morgan fingerprint density at radius 3 is 2.31 bits per heavy atom. The van der Waals surface area contributed by atoms with Gasteiger partial charge in [0.25, 0.3) is 5.91 Å². The van der Waals surface area contributed by atoms with E-state index < -0.39 is 5.97 Å². The van der Waals surface area contributed by atoms with Crippen molar-refractivity contribution in [1.82, 2.24) is 5.32 Å². The lowest BCUT2D eigenvalue weighted by molar-refractivity contribution is -0.137. The summed E-state index contributed by atoms with van der Waals surface area (Å²) < 4.78 is 6.09. The molecule has 4 aromatic carbocycles. The number of carboxylic acids is 1. The Labute approximate surface area is 211 Å². The van der Waals surface area contributed by atoms with Gasteiger partial charge in [-0.25, -0.2) is 0 Å². The molecule has 0 aliphatic carbocycles. The van der Waals surface area contributed by atoms with Gasteiger partial charge in [-0.15, -0.1) is 0 Å². The molecule has 0 unspecified atom stereocenters. The molecule has 1 amide bonds. The number of benzene rings is 4. The first kappa shape index (κ1) is 25.0. The zero-order chi connectivity index (χ0) is 25.7. The molecule has 0 spiro atoms. The number of hydrogen-bond donors (Lipinski definition) is 2. The summed E-state index contributed by atoms with van der Waals surface area (Å²) in [4.78, 5) is 24.5. The number of fused-ring (bicyclic) bond motifs is 1. The summed E-state index contributed by atoms with van der Waals surface area (Å²) in [6.07, 6.45) is 0.992. The van der Waals surface area contributed by atoms with Gasteiger partial charge in [-0.05, 0) is 97.0 Å². The van der Waals surface area contributed by atoms with Crippen LogP contribution in [0.1, 0.15) is 58.4 Å². The van der Waals surface area contributed by atoms with Crippen LogP contribution in [0, 0.1) is 13.8 Å². The standard InChI is InChI=1S/C31H31NO4/c1-20-15-21(2)17-28(16-20)36-27-14-13-24(9-6-10-30(33)34)29(19-27)31(35)32-22(3)25-12-11-23-7-4-5-8-26(23)18-25/h4-5,7-8,11-19,22H,6,9-10H2,1-3H3,(H,32,35)(H,33,34)/t22-/m1/s1. The Hall–Kier alpha value is -4.12. The van der Waals surface area contributed by atoms with Crippen LogP contribution in [0.4, 0.5) is 0 Å². The highest BCUT2D eigenvalue weighted by atomic mass is 16.5. The molecule has 0 aliphatic heterocycles. The quantitative estimate of drug-likeness (QED) is 0.266. The van der Waals surface area contributed by atoms with Gasteiger partial charge in [0.2, 0.25) is 0 Å². The number of nitrogens with one attached hydrogen (secondary N) is 1. The van der Waals surface area contributed by atoms with E-state index in [1.54, 1.807) is 6.07 Å². The molecule has 1 atom stereocenters. The fourth-order valence-electron chi connectivity index (χ4n) is 4.44. The van der Waals surface area contributed by atoms with Gasteiger partial charge >= 0.3 is 5.97 Å². The van der Waals surface area contributed by atoms with Gasteiger partial charge in [-0.2, -0.15) is 0 Å². The number of hydrogen-bond acceptors (Lipinski definition) is 3. The molecule has 0 bridgehead atoms. The topological polar surface area (TPSA) is 75.6 Å². The molecule has 4 rings (SSSR count). The van der Waals surface area contributed by atoms with Gasteiger partial charge in [0.15, 0.2) is 0 Å². The van der Waals surface area contributed by atoms with Crippen LogP contribution in [0.5, 0.6) is 11.5 Å². The predicted molar refractivity (Wildman–Crippen MR) is 143 cm³/mol. The van der Waals surface area contributed by atoms with Crippen molar-refractivity contribution in [2.24, 2.45) is 0 Å². The van der Waals surface area contributed by atoms with Crippen LogP contribution in [0.15, 0.2) is 78.9 Å². The highest BCUT2D eigenvalue weighted by Crippen LogP contribution is 2.28. The molecule has 5 heteroatoms. The van der Waals surface area contributed by atoms with Gasteiger partial charge in [0.1, 0.15) is 11.5 Å². The molecule has 2 N–H and O–H groups in total. The Bertz CT molecular complexity index is 1390. The van der Waals surface area contributed by atoms with Gasteiger partial charge in [0, 0.05) is 12.0 Å². The molecule has 4 aromatic rings. The summed E-state index contributed by atoms with van der Waals surface area (Å²) in [6, 6.07) is 25.5. The zero-order valence-electron chi connectivity index (χ0n) is 20.9. The van der Waals surface area contributed by atoms with Gasteiger partial charge in [-0.3, -0.25) is 9.59 Å². The molecule has 0 saturated carbocycles. The maximum absolute atomic E-state index is 13.4. The monoisotopic (exact) mass is 481 g/mol. The molecule has 0 aliphatic rings. The number of carbonyl (C=O) groups excluding carboxylic acids is 1. The van der Waals surface area contributed by atoms with E-state index in [1.165, 1.54) is 0 Å². The largest absolute Gasteiger partial charge is 0.481 e. The third-order valence-corrected chi connectivity index (χ3v) is 6.21. The third-order valence-electron chi connectivity index (χ3n) is 6.21. The highest BCUT2D eigenvalue weighted by Gasteiger charge is 2.17. The number of carbonyl (C=O) groups is 2. The normalized spacial score (nSPS) is 11.8. The van der Waals surface area contributed by atoms with E-state index in [0.717, 1.165) is 33.0 Å². The molecule has 5 nitrogen and oxygen atoms in total. The Morgan fingerprint density at radius 2 is 1.58 bits per heavy atom. The first-order valence-electron chi connectivity index (χ1n) is 12.2. The van der Waals surface area contributed by atoms with E-state index in [1.807, 2.05) is 63.2 Å². The first-order valence-corrected chi connectivity index (χ1v) is 12.2. The van der Waals surface area contributed by atoms with Crippen molar-refractivity contribution in [3.63, 3.8) is 0 Å². The van der Waals surface area contributed by atoms with Crippen molar-refractivity contribution in [1.29, 1.82) is 0 Å². The third kappa shape index (κ3) is 6.30. The number of amides is 1. The summed E-state index contributed by atoms with van der Waals surface area (Å²) in [5, 5.41) is 14.4. The number of rotatable bonds is 9. The van der Waals surface area contributed by atoms with Crippen molar-refractivity contribution >= 4 is 22.6 Å². The maximum atomic E-state index is 13.4. The van der Waals surface area contributed by atoms with Crippen LogP contribution in [-0.2, 0) is 11.2 Å². The minimum Gasteiger partial charge on any atom is -0.481 e. The van der Waals surface area contributed by atoms with Crippen LogP contribution in [0.25, 0.3) is 10.8 Å². The second kappa shape index (κ2) is 11.1. The number of carboxylic acid groups (broad SMARTS) is 1. The molecule has 0 radical (unpaired) electrons. The van der Waals surface area contributed by atoms with E-state index in [-0.39, 0.29) is 18.4 Å². The molecule has 0 fully saturated rings. The molecular weight excluding hydrogens is 450 g/mol. The van der Waals surface area contributed by atoms with Crippen LogP contribution < -0.4 is 10.1 Å². The predicted octanol–water partition coefficient (Wildman–Crippen LogP) is 7.15. The Kier molecular flexibility index (Phi) is 7.69. The number of aryl methyl sites for hydroxylation is 3. The van der Waals surface area contributed by atoms with Crippen molar-refractivity contribution in [2.45, 2.75) is 46.1 Å².